The van der Waals surface area contributed by atoms with Crippen LogP contribution in [0, 0.1) is 6.92 Å². The van der Waals surface area contributed by atoms with E-state index >= 15 is 0 Å². The van der Waals surface area contributed by atoms with Crippen LogP contribution in [0.3, 0.4) is 0 Å². The number of amides is 2. The van der Waals surface area contributed by atoms with Gasteiger partial charge in [-0.05, 0) is 31.4 Å². The highest BCUT2D eigenvalue weighted by Crippen LogP contribution is 2.24. The van der Waals surface area contributed by atoms with Crippen molar-refractivity contribution in [1.82, 2.24) is 9.80 Å². The zero-order valence-electron chi connectivity index (χ0n) is 13.9. The molecule has 0 N–H and O–H groups in total. The number of aryl methyl sites for hydroxylation is 1. The Morgan fingerprint density at radius 1 is 1.04 bits per heavy atom. The standard InChI is InChI=1S/C20H24N2O/c1-16-7-6-8-18(15-16)11-12-21-13-14-22(20(21)23)17(2)19-9-4-3-5-10-19/h3-10,15,17H,11-14H2,1-2H3/t17-/m0/s1. The first-order valence-electron chi connectivity index (χ1n) is 8.31. The summed E-state index contributed by atoms with van der Waals surface area (Å²) in [5, 5.41) is 0. The molecule has 0 bridgehead atoms. The van der Waals surface area contributed by atoms with E-state index in [0.717, 1.165) is 26.1 Å². The maximum atomic E-state index is 12.7. The Morgan fingerprint density at radius 2 is 1.83 bits per heavy atom. The van der Waals surface area contributed by atoms with Crippen molar-refractivity contribution in [2.24, 2.45) is 0 Å². The maximum Gasteiger partial charge on any atom is 0.320 e. The lowest BCUT2D eigenvalue weighted by Crippen LogP contribution is -2.34. The van der Waals surface area contributed by atoms with Crippen LogP contribution in [-0.2, 0) is 6.42 Å². The van der Waals surface area contributed by atoms with E-state index in [0.29, 0.717) is 0 Å². The molecule has 23 heavy (non-hydrogen) atoms. The number of hydrogen-bond donors (Lipinski definition) is 0. The second-order valence-electron chi connectivity index (χ2n) is 6.29. The number of carbonyl (C=O) groups is 1. The number of rotatable bonds is 5. The highest BCUT2D eigenvalue weighted by molar-refractivity contribution is 5.77. The van der Waals surface area contributed by atoms with Gasteiger partial charge < -0.3 is 9.80 Å². The van der Waals surface area contributed by atoms with Crippen molar-refractivity contribution in [1.29, 1.82) is 0 Å². The van der Waals surface area contributed by atoms with Gasteiger partial charge >= 0.3 is 6.03 Å². The zero-order chi connectivity index (χ0) is 16.2. The molecule has 120 valence electrons. The summed E-state index contributed by atoms with van der Waals surface area (Å²) in [6.45, 7) is 6.63. The molecule has 0 aromatic heterocycles. The van der Waals surface area contributed by atoms with Crippen LogP contribution in [0.1, 0.15) is 29.7 Å². The van der Waals surface area contributed by atoms with Crippen LogP contribution in [0.5, 0.6) is 0 Å². The van der Waals surface area contributed by atoms with Crippen LogP contribution in [0.2, 0.25) is 0 Å². The van der Waals surface area contributed by atoms with Crippen molar-refractivity contribution in [3.63, 3.8) is 0 Å². The predicted octanol–water partition coefficient (Wildman–Crippen LogP) is 4.04. The smallest absolute Gasteiger partial charge is 0.320 e. The summed E-state index contributed by atoms with van der Waals surface area (Å²) < 4.78 is 0. The van der Waals surface area contributed by atoms with E-state index in [1.54, 1.807) is 0 Å². The van der Waals surface area contributed by atoms with E-state index in [-0.39, 0.29) is 12.1 Å². The van der Waals surface area contributed by atoms with Crippen LogP contribution in [0.25, 0.3) is 0 Å². The van der Waals surface area contributed by atoms with Crippen molar-refractivity contribution >= 4 is 6.03 Å². The molecule has 0 saturated carbocycles. The third kappa shape index (κ3) is 3.55. The largest absolute Gasteiger partial charge is 0.323 e. The predicted molar refractivity (Wildman–Crippen MR) is 93.4 cm³/mol. The molecule has 3 rings (SSSR count). The third-order valence-electron chi connectivity index (χ3n) is 4.63. The summed E-state index contributed by atoms with van der Waals surface area (Å²) in [7, 11) is 0. The van der Waals surface area contributed by atoms with Gasteiger partial charge in [0.15, 0.2) is 0 Å². The minimum atomic E-state index is 0.132. The molecule has 1 aliphatic rings. The fraction of sp³-hybridized carbons (Fsp3) is 0.350. The fourth-order valence-electron chi connectivity index (χ4n) is 3.21. The van der Waals surface area contributed by atoms with Crippen molar-refractivity contribution in [3.8, 4) is 0 Å². The van der Waals surface area contributed by atoms with Gasteiger partial charge in [-0.2, -0.15) is 0 Å². The van der Waals surface area contributed by atoms with E-state index in [4.69, 9.17) is 0 Å². The van der Waals surface area contributed by atoms with Gasteiger partial charge in [0.25, 0.3) is 0 Å². The molecule has 2 aromatic rings. The first-order chi connectivity index (χ1) is 11.1. The first kappa shape index (κ1) is 15.6. The van der Waals surface area contributed by atoms with Gasteiger partial charge in [0.1, 0.15) is 0 Å². The van der Waals surface area contributed by atoms with Crippen LogP contribution in [0.4, 0.5) is 4.79 Å². The Morgan fingerprint density at radius 3 is 2.57 bits per heavy atom. The first-order valence-corrected chi connectivity index (χ1v) is 8.31. The van der Waals surface area contributed by atoms with E-state index in [1.165, 1.54) is 16.7 Å². The van der Waals surface area contributed by atoms with E-state index in [9.17, 15) is 4.79 Å². The second-order valence-corrected chi connectivity index (χ2v) is 6.29. The molecule has 1 aliphatic heterocycles. The Kier molecular flexibility index (Phi) is 4.65. The molecule has 0 spiro atoms. The molecule has 1 fully saturated rings. The van der Waals surface area contributed by atoms with Crippen molar-refractivity contribution in [2.75, 3.05) is 19.6 Å². The molecule has 2 aromatic carbocycles. The summed E-state index contributed by atoms with van der Waals surface area (Å²) in [5.41, 5.74) is 3.77. The molecule has 2 amide bonds. The van der Waals surface area contributed by atoms with E-state index < -0.39 is 0 Å². The van der Waals surface area contributed by atoms with Crippen LogP contribution in [-0.4, -0.2) is 35.5 Å². The molecule has 1 heterocycles. The summed E-state index contributed by atoms with van der Waals surface area (Å²) in [5.74, 6) is 0. The number of hydrogen-bond acceptors (Lipinski definition) is 1. The number of nitrogens with zero attached hydrogens (tertiary/aromatic N) is 2. The lowest BCUT2D eigenvalue weighted by atomic mass is 10.1. The van der Waals surface area contributed by atoms with Crippen molar-refractivity contribution in [3.05, 3.63) is 71.3 Å². The molecule has 0 radical (unpaired) electrons. The van der Waals surface area contributed by atoms with Gasteiger partial charge in [0.2, 0.25) is 0 Å². The van der Waals surface area contributed by atoms with Gasteiger partial charge in [-0.25, -0.2) is 4.79 Å². The highest BCUT2D eigenvalue weighted by Gasteiger charge is 2.31. The van der Waals surface area contributed by atoms with Gasteiger partial charge in [0.05, 0.1) is 6.04 Å². The van der Waals surface area contributed by atoms with Crippen molar-refractivity contribution < 1.29 is 4.79 Å². The average Bonchev–Trinajstić information content (AvgIpc) is 2.94. The molecule has 0 unspecified atom stereocenters. The normalized spacial score (nSPS) is 16.0. The monoisotopic (exact) mass is 308 g/mol. The number of urea groups is 1. The van der Waals surface area contributed by atoms with Gasteiger partial charge in [0, 0.05) is 19.6 Å². The Balaban J connectivity index is 1.60. The van der Waals surface area contributed by atoms with Gasteiger partial charge in [-0.3, -0.25) is 0 Å². The van der Waals surface area contributed by atoms with Gasteiger partial charge in [-0.15, -0.1) is 0 Å². The summed E-state index contributed by atoms with van der Waals surface area (Å²) in [6.07, 6.45) is 0.918. The van der Waals surface area contributed by atoms with E-state index in [1.807, 2.05) is 28.0 Å². The molecular weight excluding hydrogens is 284 g/mol. The van der Waals surface area contributed by atoms with Gasteiger partial charge in [-0.1, -0.05) is 60.2 Å². The summed E-state index contributed by atoms with van der Waals surface area (Å²) >= 11 is 0. The Labute approximate surface area is 138 Å². The van der Waals surface area contributed by atoms with Crippen molar-refractivity contribution in [2.45, 2.75) is 26.3 Å². The molecule has 1 saturated heterocycles. The lowest BCUT2D eigenvalue weighted by Gasteiger charge is -2.25. The van der Waals surface area contributed by atoms with Crippen LogP contribution in [0.15, 0.2) is 54.6 Å². The van der Waals surface area contributed by atoms with E-state index in [2.05, 4.69) is 50.2 Å². The number of benzene rings is 2. The summed E-state index contributed by atoms with van der Waals surface area (Å²) in [6, 6.07) is 19.1. The van der Waals surface area contributed by atoms with Crippen LogP contribution >= 0.6 is 0 Å². The minimum absolute atomic E-state index is 0.132. The fourth-order valence-corrected chi connectivity index (χ4v) is 3.21. The molecule has 1 atom stereocenters. The average molecular weight is 308 g/mol. The third-order valence-corrected chi connectivity index (χ3v) is 4.63. The summed E-state index contributed by atoms with van der Waals surface area (Å²) in [4.78, 5) is 16.6. The van der Waals surface area contributed by atoms with Crippen LogP contribution < -0.4 is 0 Å². The molecule has 0 aliphatic carbocycles. The molecule has 3 heteroatoms. The topological polar surface area (TPSA) is 23.6 Å². The SMILES string of the molecule is Cc1cccc(CCN2CCN([C@@H](C)c3ccccc3)C2=O)c1. The molecular formula is C20H24N2O. The minimum Gasteiger partial charge on any atom is -0.323 e. The lowest BCUT2D eigenvalue weighted by molar-refractivity contribution is 0.180. The molecule has 3 nitrogen and oxygen atoms in total. The number of carbonyl (C=O) groups excluding carboxylic acids is 1. The second kappa shape index (κ2) is 6.86. The Hall–Kier alpha value is -2.29. The highest BCUT2D eigenvalue weighted by atomic mass is 16.2. The maximum absolute atomic E-state index is 12.7. The zero-order valence-corrected chi connectivity index (χ0v) is 13.9. The Bertz CT molecular complexity index is 668. The quantitative estimate of drug-likeness (QED) is 0.818.